The van der Waals surface area contributed by atoms with E-state index in [2.05, 4.69) is 10.3 Å². The molecule has 3 aromatic rings. The molecule has 0 spiro atoms. The molecule has 2 aromatic heterocycles. The van der Waals surface area contributed by atoms with E-state index in [-0.39, 0.29) is 33.8 Å². The number of alkyl halides is 3. The van der Waals surface area contributed by atoms with Crippen molar-refractivity contribution in [1.29, 1.82) is 0 Å². The lowest BCUT2D eigenvalue weighted by Crippen LogP contribution is -2.57. The van der Waals surface area contributed by atoms with Crippen LogP contribution in [0.4, 0.5) is 29.5 Å². The van der Waals surface area contributed by atoms with Crippen LogP contribution in [0.25, 0.3) is 10.9 Å². The quantitative estimate of drug-likeness (QED) is 0.332. The number of nitrogens with zero attached hydrogens (tertiary/aromatic N) is 3. The van der Waals surface area contributed by atoms with Gasteiger partial charge in [-0.2, -0.15) is 18.3 Å². The molecule has 4 rings (SSSR count). The van der Waals surface area contributed by atoms with Crippen LogP contribution in [0.15, 0.2) is 41.3 Å². The van der Waals surface area contributed by atoms with Crippen molar-refractivity contribution in [2.75, 3.05) is 11.9 Å². The van der Waals surface area contributed by atoms with Gasteiger partial charge in [0.15, 0.2) is 11.4 Å². The molecule has 4 N–H and O–H groups in total. The maximum absolute atomic E-state index is 13.3. The summed E-state index contributed by atoms with van der Waals surface area (Å²) in [6.45, 7) is 9.00. The number of aromatic nitrogens is 3. The summed E-state index contributed by atoms with van der Waals surface area (Å²) in [5.74, 6) is 0.225. The standard InChI is InChI=1S/C27H34F3N5O4/c1-6-26(12-14-34(23(37)38)19(15-26)24(2,3)4)35-18-11-13-31-22(36)20(18)21(33-35)32-17-9-7-16(8-10-17)25(5,39)27(28,29)30/h7-11,13,19,39H,6,12,14-15H2,1-5H3,(H,31,36)(H,32,33)(H,37,38). The molecule has 1 aromatic carbocycles. The van der Waals surface area contributed by atoms with Crippen LogP contribution in [0.5, 0.6) is 0 Å². The number of nitrogens with one attached hydrogen (secondary N) is 2. The van der Waals surface area contributed by atoms with Crippen LogP contribution in [0.2, 0.25) is 0 Å². The zero-order valence-electron chi connectivity index (χ0n) is 22.6. The van der Waals surface area contributed by atoms with Gasteiger partial charge in [0.25, 0.3) is 5.56 Å². The highest BCUT2D eigenvalue weighted by molar-refractivity contribution is 5.91. The lowest BCUT2D eigenvalue weighted by molar-refractivity contribution is -0.258. The number of hydrogen-bond donors (Lipinski definition) is 4. The van der Waals surface area contributed by atoms with E-state index in [1.54, 1.807) is 10.7 Å². The van der Waals surface area contributed by atoms with Gasteiger partial charge in [0.1, 0.15) is 5.39 Å². The number of amides is 1. The number of aromatic amines is 1. The first kappa shape index (κ1) is 28.5. The van der Waals surface area contributed by atoms with Gasteiger partial charge < -0.3 is 25.4 Å². The van der Waals surface area contributed by atoms with Gasteiger partial charge in [0.2, 0.25) is 0 Å². The number of carboxylic acid groups (broad SMARTS) is 1. The highest BCUT2D eigenvalue weighted by atomic mass is 19.4. The van der Waals surface area contributed by atoms with E-state index in [4.69, 9.17) is 5.10 Å². The van der Waals surface area contributed by atoms with Crippen LogP contribution < -0.4 is 10.9 Å². The van der Waals surface area contributed by atoms with Crippen LogP contribution in [0, 0.1) is 5.41 Å². The molecular weight excluding hydrogens is 515 g/mol. The normalized spacial score (nSPS) is 22.1. The fraction of sp³-hybridized carbons (Fsp3) is 0.519. The molecule has 0 radical (unpaired) electrons. The lowest BCUT2D eigenvalue weighted by Gasteiger charge is -2.50. The number of hydrogen-bond acceptors (Lipinski definition) is 5. The molecule has 39 heavy (non-hydrogen) atoms. The first-order valence-corrected chi connectivity index (χ1v) is 12.8. The van der Waals surface area contributed by atoms with Crippen molar-refractivity contribution in [3.05, 3.63) is 52.4 Å². The molecule has 12 heteroatoms. The summed E-state index contributed by atoms with van der Waals surface area (Å²) in [5, 5.41) is 28.0. The Balaban J connectivity index is 1.77. The third-order valence-electron chi connectivity index (χ3n) is 7.99. The van der Waals surface area contributed by atoms with Gasteiger partial charge in [-0.1, -0.05) is 39.8 Å². The van der Waals surface area contributed by atoms with E-state index in [1.165, 1.54) is 35.4 Å². The van der Waals surface area contributed by atoms with Gasteiger partial charge in [-0.3, -0.25) is 9.48 Å². The summed E-state index contributed by atoms with van der Waals surface area (Å²) in [6, 6.07) is 6.55. The van der Waals surface area contributed by atoms with Crippen molar-refractivity contribution >= 4 is 28.5 Å². The molecule has 0 bridgehead atoms. The number of piperidine rings is 1. The Bertz CT molecular complexity index is 1420. The van der Waals surface area contributed by atoms with Crippen LogP contribution in [-0.4, -0.2) is 54.7 Å². The SMILES string of the molecule is CCC1(n2nc(Nc3ccc(C(C)(O)C(F)(F)F)cc3)c3c(=O)[nH]ccc32)CCN(C(=O)O)C(C(C)(C)C)C1. The largest absolute Gasteiger partial charge is 0.465 e. The Hall–Kier alpha value is -3.54. The van der Waals surface area contributed by atoms with Crippen molar-refractivity contribution in [3.8, 4) is 0 Å². The second-order valence-electron chi connectivity index (χ2n) is 11.5. The fourth-order valence-corrected chi connectivity index (χ4v) is 5.43. The summed E-state index contributed by atoms with van der Waals surface area (Å²) in [7, 11) is 0. The van der Waals surface area contributed by atoms with Crippen molar-refractivity contribution in [3.63, 3.8) is 0 Å². The molecular formula is C27H34F3N5O4. The van der Waals surface area contributed by atoms with Gasteiger partial charge in [-0.15, -0.1) is 0 Å². The number of anilines is 2. The summed E-state index contributed by atoms with van der Waals surface area (Å²) in [6.07, 6.45) is -2.68. The van der Waals surface area contributed by atoms with E-state index in [1.807, 2.05) is 27.7 Å². The predicted molar refractivity (Wildman–Crippen MR) is 141 cm³/mol. The minimum absolute atomic E-state index is 0.225. The van der Waals surface area contributed by atoms with E-state index >= 15 is 0 Å². The highest BCUT2D eigenvalue weighted by Crippen LogP contribution is 2.44. The average Bonchev–Trinajstić information content (AvgIpc) is 3.22. The molecule has 0 saturated carbocycles. The van der Waals surface area contributed by atoms with Gasteiger partial charge in [-0.05, 0) is 55.4 Å². The molecule has 3 unspecified atom stereocenters. The first-order chi connectivity index (χ1) is 18.0. The van der Waals surface area contributed by atoms with Gasteiger partial charge in [0, 0.05) is 24.5 Å². The van der Waals surface area contributed by atoms with E-state index < -0.39 is 23.4 Å². The number of carbonyl (C=O) groups is 1. The molecule has 1 aliphatic rings. The molecule has 1 amide bonds. The first-order valence-electron chi connectivity index (χ1n) is 12.8. The Morgan fingerprint density at radius 1 is 1.18 bits per heavy atom. The van der Waals surface area contributed by atoms with Crippen LogP contribution in [0.3, 0.4) is 0 Å². The number of halogens is 3. The molecule has 1 fully saturated rings. The van der Waals surface area contributed by atoms with Gasteiger partial charge in [-0.25, -0.2) is 4.79 Å². The maximum atomic E-state index is 13.3. The second kappa shape index (κ2) is 9.58. The van der Waals surface area contributed by atoms with Crippen LogP contribution in [0.1, 0.15) is 59.4 Å². The molecule has 3 heterocycles. The summed E-state index contributed by atoms with van der Waals surface area (Å²) < 4.78 is 41.6. The molecule has 3 atom stereocenters. The third-order valence-corrected chi connectivity index (χ3v) is 7.99. The highest BCUT2D eigenvalue weighted by Gasteiger charge is 2.51. The molecule has 9 nitrogen and oxygen atoms in total. The molecule has 0 aliphatic carbocycles. The number of rotatable bonds is 5. The number of H-pyrrole nitrogens is 1. The smallest absolute Gasteiger partial charge is 0.421 e. The summed E-state index contributed by atoms with van der Waals surface area (Å²) >= 11 is 0. The number of aliphatic hydroxyl groups is 1. The summed E-state index contributed by atoms with van der Waals surface area (Å²) in [5.41, 5.74) is -3.71. The second-order valence-corrected chi connectivity index (χ2v) is 11.5. The van der Waals surface area contributed by atoms with Crippen LogP contribution >= 0.6 is 0 Å². The van der Waals surface area contributed by atoms with E-state index in [0.29, 0.717) is 43.9 Å². The van der Waals surface area contributed by atoms with Crippen LogP contribution in [-0.2, 0) is 11.1 Å². The lowest BCUT2D eigenvalue weighted by atomic mass is 9.72. The fourth-order valence-electron chi connectivity index (χ4n) is 5.43. The molecule has 212 valence electrons. The van der Waals surface area contributed by atoms with Crippen molar-refractivity contribution in [2.24, 2.45) is 5.41 Å². The van der Waals surface area contributed by atoms with Gasteiger partial charge >= 0.3 is 12.3 Å². The average molecular weight is 550 g/mol. The maximum Gasteiger partial charge on any atom is 0.421 e. The Kier molecular flexibility index (Phi) is 6.99. The minimum atomic E-state index is -4.85. The Morgan fingerprint density at radius 3 is 2.36 bits per heavy atom. The number of likely N-dealkylation sites (tertiary alicyclic amines) is 1. The van der Waals surface area contributed by atoms with Crippen molar-refractivity contribution in [1.82, 2.24) is 19.7 Å². The predicted octanol–water partition coefficient (Wildman–Crippen LogP) is 5.53. The number of pyridine rings is 1. The van der Waals surface area contributed by atoms with E-state index in [0.717, 1.165) is 0 Å². The number of benzene rings is 1. The minimum Gasteiger partial charge on any atom is -0.465 e. The molecule has 1 saturated heterocycles. The summed E-state index contributed by atoms with van der Waals surface area (Å²) in [4.78, 5) is 29.1. The van der Waals surface area contributed by atoms with Gasteiger partial charge in [0.05, 0.1) is 11.1 Å². The van der Waals surface area contributed by atoms with E-state index in [9.17, 15) is 33.0 Å². The topological polar surface area (TPSA) is 123 Å². The van der Waals surface area contributed by atoms with Crippen molar-refractivity contribution in [2.45, 2.75) is 77.2 Å². The zero-order chi connectivity index (χ0) is 29.0. The Morgan fingerprint density at radius 2 is 1.82 bits per heavy atom. The Labute approximate surface area is 223 Å². The zero-order valence-corrected chi connectivity index (χ0v) is 22.6. The monoisotopic (exact) mass is 549 g/mol. The number of fused-ring (bicyclic) bond motifs is 1. The third kappa shape index (κ3) is 4.97. The molecule has 1 aliphatic heterocycles. The van der Waals surface area contributed by atoms with Crippen molar-refractivity contribution < 1.29 is 28.2 Å².